The average molecular weight is 384 g/mol. The van der Waals surface area contributed by atoms with Gasteiger partial charge in [0.1, 0.15) is 11.1 Å². The summed E-state index contributed by atoms with van der Waals surface area (Å²) in [5.41, 5.74) is 1.94. The molecule has 2 N–H and O–H groups in total. The number of carbonyl (C=O) groups is 2. The highest BCUT2D eigenvalue weighted by molar-refractivity contribution is 8.15. The van der Waals surface area contributed by atoms with Crippen molar-refractivity contribution in [3.8, 4) is 0 Å². The van der Waals surface area contributed by atoms with Crippen molar-refractivity contribution in [3.05, 3.63) is 66.0 Å². The summed E-state index contributed by atoms with van der Waals surface area (Å²) >= 11 is 1.14. The summed E-state index contributed by atoms with van der Waals surface area (Å²) in [6.07, 6.45) is 0.0585. The number of hydrogen-bond acceptors (Lipinski definition) is 5. The fraction of sp³-hybridized carbons (Fsp3) is 0.158. The van der Waals surface area contributed by atoms with Crippen molar-refractivity contribution in [2.45, 2.75) is 18.6 Å². The first-order valence-corrected chi connectivity index (χ1v) is 9.10. The molecule has 138 valence electrons. The number of rotatable bonds is 4. The summed E-state index contributed by atoms with van der Waals surface area (Å²) in [6, 6.07) is 14.9. The minimum Gasteiger partial charge on any atom is -0.325 e. The van der Waals surface area contributed by atoms with Gasteiger partial charge in [0.15, 0.2) is 5.17 Å². The number of amidine groups is 1. The molecular formula is C19H17FN4O2S. The van der Waals surface area contributed by atoms with Crippen LogP contribution in [0.2, 0.25) is 0 Å². The Kier molecular flexibility index (Phi) is 5.97. The number of thioether (sulfide) groups is 1. The number of para-hydroxylation sites is 1. The van der Waals surface area contributed by atoms with E-state index in [0.717, 1.165) is 11.8 Å². The molecule has 0 saturated carbocycles. The van der Waals surface area contributed by atoms with Gasteiger partial charge in [0, 0.05) is 12.1 Å². The van der Waals surface area contributed by atoms with Crippen LogP contribution in [0, 0.1) is 5.82 Å². The fourth-order valence-electron chi connectivity index (χ4n) is 2.35. The van der Waals surface area contributed by atoms with Crippen molar-refractivity contribution in [3.63, 3.8) is 0 Å². The van der Waals surface area contributed by atoms with E-state index in [0.29, 0.717) is 17.0 Å². The third kappa shape index (κ3) is 5.24. The van der Waals surface area contributed by atoms with Crippen molar-refractivity contribution in [1.82, 2.24) is 5.32 Å². The smallest absolute Gasteiger partial charge is 0.238 e. The quantitative estimate of drug-likeness (QED) is 0.627. The average Bonchev–Trinajstić information content (AvgIpc) is 2.67. The van der Waals surface area contributed by atoms with Crippen LogP contribution in [0.4, 0.5) is 10.1 Å². The van der Waals surface area contributed by atoms with Crippen molar-refractivity contribution < 1.29 is 14.0 Å². The molecule has 27 heavy (non-hydrogen) atoms. The second-order valence-electron chi connectivity index (χ2n) is 5.81. The Labute approximate surface area is 160 Å². The third-order valence-electron chi connectivity index (χ3n) is 3.76. The van der Waals surface area contributed by atoms with Gasteiger partial charge in [-0.15, -0.1) is 5.10 Å². The molecule has 8 heteroatoms. The van der Waals surface area contributed by atoms with Gasteiger partial charge in [0.2, 0.25) is 11.8 Å². The van der Waals surface area contributed by atoms with Crippen LogP contribution in [0.25, 0.3) is 0 Å². The molecule has 2 aromatic carbocycles. The second-order valence-corrected chi connectivity index (χ2v) is 7.00. The van der Waals surface area contributed by atoms with Crippen LogP contribution in [0.5, 0.6) is 0 Å². The van der Waals surface area contributed by atoms with Gasteiger partial charge < -0.3 is 10.6 Å². The molecule has 1 saturated heterocycles. The number of hydrogen-bond donors (Lipinski definition) is 2. The van der Waals surface area contributed by atoms with Gasteiger partial charge in [-0.3, -0.25) is 9.59 Å². The lowest BCUT2D eigenvalue weighted by Crippen LogP contribution is -2.41. The molecule has 1 aliphatic heterocycles. The van der Waals surface area contributed by atoms with Crippen LogP contribution in [0.1, 0.15) is 18.9 Å². The summed E-state index contributed by atoms with van der Waals surface area (Å²) < 4.78 is 13.0. The molecule has 0 spiro atoms. The Morgan fingerprint density at radius 1 is 1.19 bits per heavy atom. The predicted octanol–water partition coefficient (Wildman–Crippen LogP) is 3.17. The predicted molar refractivity (Wildman–Crippen MR) is 105 cm³/mol. The van der Waals surface area contributed by atoms with Gasteiger partial charge >= 0.3 is 0 Å². The number of halogens is 1. The number of amides is 2. The molecule has 0 unspecified atom stereocenters. The van der Waals surface area contributed by atoms with E-state index in [1.54, 1.807) is 31.2 Å². The van der Waals surface area contributed by atoms with Crippen LogP contribution >= 0.6 is 11.8 Å². The van der Waals surface area contributed by atoms with Gasteiger partial charge in [-0.1, -0.05) is 42.1 Å². The van der Waals surface area contributed by atoms with Crippen molar-refractivity contribution in [2.24, 2.45) is 10.2 Å². The number of carbonyl (C=O) groups excluding carboxylic acids is 2. The van der Waals surface area contributed by atoms with E-state index in [9.17, 15) is 14.0 Å². The Morgan fingerprint density at radius 2 is 1.89 bits per heavy atom. The summed E-state index contributed by atoms with van der Waals surface area (Å²) in [4.78, 5) is 24.3. The van der Waals surface area contributed by atoms with E-state index < -0.39 is 5.25 Å². The lowest BCUT2D eigenvalue weighted by molar-refractivity contribution is -0.123. The minimum absolute atomic E-state index is 0.0585. The summed E-state index contributed by atoms with van der Waals surface area (Å²) in [7, 11) is 0. The molecule has 1 aliphatic rings. The van der Waals surface area contributed by atoms with E-state index in [2.05, 4.69) is 20.8 Å². The maximum Gasteiger partial charge on any atom is 0.238 e. The molecule has 2 amide bonds. The highest BCUT2D eigenvalue weighted by Crippen LogP contribution is 2.22. The first-order chi connectivity index (χ1) is 13.0. The van der Waals surface area contributed by atoms with Gasteiger partial charge in [-0.25, -0.2) is 4.39 Å². The zero-order chi connectivity index (χ0) is 19.2. The molecule has 2 aromatic rings. The Morgan fingerprint density at radius 3 is 2.59 bits per heavy atom. The lowest BCUT2D eigenvalue weighted by Gasteiger charge is -2.21. The number of nitrogens with zero attached hydrogens (tertiary/aromatic N) is 2. The third-order valence-corrected chi connectivity index (χ3v) is 4.83. The Bertz CT molecular complexity index is 898. The molecule has 1 atom stereocenters. The first-order valence-electron chi connectivity index (χ1n) is 8.22. The molecule has 1 fully saturated rings. The molecule has 0 bridgehead atoms. The van der Waals surface area contributed by atoms with Gasteiger partial charge in [-0.05, 0) is 36.8 Å². The van der Waals surface area contributed by atoms with Crippen molar-refractivity contribution >= 4 is 40.1 Å². The molecule has 1 heterocycles. The lowest BCUT2D eigenvalue weighted by atomic mass is 10.1. The number of nitrogens with one attached hydrogen (secondary N) is 2. The highest BCUT2D eigenvalue weighted by atomic mass is 32.2. The molecule has 3 rings (SSSR count). The van der Waals surface area contributed by atoms with E-state index in [1.165, 1.54) is 12.1 Å². The van der Waals surface area contributed by atoms with Crippen molar-refractivity contribution in [1.29, 1.82) is 0 Å². The summed E-state index contributed by atoms with van der Waals surface area (Å²) in [5, 5.41) is 13.2. The second kappa shape index (κ2) is 8.59. The summed E-state index contributed by atoms with van der Waals surface area (Å²) in [5.74, 6) is -0.899. The van der Waals surface area contributed by atoms with Gasteiger partial charge in [0.25, 0.3) is 0 Å². The Hall–Kier alpha value is -3.00. The van der Waals surface area contributed by atoms with Crippen LogP contribution in [0.15, 0.2) is 64.8 Å². The zero-order valence-electron chi connectivity index (χ0n) is 14.5. The molecular weight excluding hydrogens is 367 g/mol. The normalized spacial score (nSPS) is 18.9. The van der Waals surface area contributed by atoms with Crippen LogP contribution in [-0.4, -0.2) is 27.9 Å². The maximum absolute atomic E-state index is 13.0. The largest absolute Gasteiger partial charge is 0.325 e. The van der Waals surface area contributed by atoms with Gasteiger partial charge in [0.05, 0.1) is 5.71 Å². The number of anilines is 1. The molecule has 0 aromatic heterocycles. The van der Waals surface area contributed by atoms with E-state index in [4.69, 9.17) is 0 Å². The van der Waals surface area contributed by atoms with Crippen molar-refractivity contribution in [2.75, 3.05) is 5.32 Å². The Balaban J connectivity index is 1.69. The first kappa shape index (κ1) is 18.8. The monoisotopic (exact) mass is 384 g/mol. The molecule has 0 aliphatic carbocycles. The zero-order valence-corrected chi connectivity index (χ0v) is 15.3. The van der Waals surface area contributed by atoms with Crippen LogP contribution in [-0.2, 0) is 9.59 Å². The maximum atomic E-state index is 13.0. The highest BCUT2D eigenvalue weighted by Gasteiger charge is 2.30. The molecule has 0 radical (unpaired) electrons. The minimum atomic E-state index is -0.598. The van der Waals surface area contributed by atoms with E-state index in [-0.39, 0.29) is 29.2 Å². The fourth-order valence-corrected chi connectivity index (χ4v) is 3.28. The topological polar surface area (TPSA) is 82.9 Å². The van der Waals surface area contributed by atoms with Crippen LogP contribution < -0.4 is 10.6 Å². The van der Waals surface area contributed by atoms with E-state index in [1.807, 2.05) is 18.2 Å². The van der Waals surface area contributed by atoms with Crippen LogP contribution in [0.3, 0.4) is 0 Å². The number of benzene rings is 2. The van der Waals surface area contributed by atoms with E-state index >= 15 is 0 Å². The SMILES string of the molecule is C/C(=N\N=C1/NC(=O)C[C@@H](C(=O)Nc2ccccc2)S1)c1ccc(F)cc1. The standard InChI is InChI=1S/C19H17FN4O2S/c1-12(13-7-9-14(20)10-8-13)23-24-19-22-17(25)11-16(27-19)18(26)21-15-5-3-2-4-6-15/h2-10,16H,11H2,1H3,(H,21,26)(H,22,24,25)/b23-12+/t16-/m0/s1. The summed E-state index contributed by atoms with van der Waals surface area (Å²) in [6.45, 7) is 1.73. The molecule has 6 nitrogen and oxygen atoms in total. The van der Waals surface area contributed by atoms with Gasteiger partial charge in [-0.2, -0.15) is 5.10 Å².